The molecule has 0 aliphatic heterocycles. The van der Waals surface area contributed by atoms with Gasteiger partial charge >= 0.3 is 0 Å². The van der Waals surface area contributed by atoms with Crippen LogP contribution in [0, 0.1) is 5.41 Å². The van der Waals surface area contributed by atoms with Crippen molar-refractivity contribution >= 4 is 32.9 Å². The second-order valence-electron chi connectivity index (χ2n) is 5.40. The lowest BCUT2D eigenvalue weighted by atomic mass is 9.67. The molecule has 3 rings (SSSR count). The smallest absolute Gasteiger partial charge is 0.201 e. The summed E-state index contributed by atoms with van der Waals surface area (Å²) in [5.41, 5.74) is 8.66. The zero-order valence-electron chi connectivity index (χ0n) is 10.6. The minimum absolute atomic E-state index is 0.448. The standard InChI is InChI=1S/C14H18BrN3/c1-2-14(6-3-7-14)9-18-12-8-10(15)4-5-11(12)17-13(18)16/h4-5,8H,2-3,6-7,9H2,1H3,(H2,16,17). The predicted molar refractivity (Wildman–Crippen MR) is 78.4 cm³/mol. The number of nitrogens with zero attached hydrogens (tertiary/aromatic N) is 2. The van der Waals surface area contributed by atoms with E-state index in [0.29, 0.717) is 11.4 Å². The molecule has 1 aromatic carbocycles. The number of aromatic nitrogens is 2. The first-order valence-corrected chi connectivity index (χ1v) is 7.34. The van der Waals surface area contributed by atoms with E-state index in [-0.39, 0.29) is 0 Å². The van der Waals surface area contributed by atoms with Gasteiger partial charge in [0.2, 0.25) is 5.95 Å². The largest absolute Gasteiger partial charge is 0.369 e. The van der Waals surface area contributed by atoms with Gasteiger partial charge in [-0.3, -0.25) is 0 Å². The normalized spacial score (nSPS) is 17.9. The van der Waals surface area contributed by atoms with Crippen LogP contribution in [0.3, 0.4) is 0 Å². The van der Waals surface area contributed by atoms with Crippen LogP contribution in [-0.4, -0.2) is 9.55 Å². The Morgan fingerprint density at radius 3 is 2.83 bits per heavy atom. The molecular weight excluding hydrogens is 290 g/mol. The first kappa shape index (κ1) is 12.0. The third-order valence-corrected chi connectivity index (χ3v) is 4.89. The number of hydrogen-bond acceptors (Lipinski definition) is 2. The molecule has 1 saturated carbocycles. The Morgan fingerprint density at radius 2 is 2.22 bits per heavy atom. The Kier molecular flexibility index (Phi) is 2.85. The van der Waals surface area contributed by atoms with Crippen LogP contribution >= 0.6 is 15.9 Å². The average Bonchev–Trinajstić information content (AvgIpc) is 2.60. The van der Waals surface area contributed by atoms with Crippen molar-refractivity contribution in [2.24, 2.45) is 5.41 Å². The molecule has 1 fully saturated rings. The number of anilines is 1. The topological polar surface area (TPSA) is 43.8 Å². The summed E-state index contributed by atoms with van der Waals surface area (Å²) in [4.78, 5) is 4.45. The lowest BCUT2D eigenvalue weighted by molar-refractivity contribution is 0.103. The third-order valence-electron chi connectivity index (χ3n) is 4.40. The van der Waals surface area contributed by atoms with Crippen molar-refractivity contribution in [2.45, 2.75) is 39.2 Å². The van der Waals surface area contributed by atoms with Gasteiger partial charge in [-0.05, 0) is 42.9 Å². The summed E-state index contributed by atoms with van der Waals surface area (Å²) in [5.74, 6) is 0.642. The van der Waals surface area contributed by atoms with Crippen molar-refractivity contribution in [3.8, 4) is 0 Å². The van der Waals surface area contributed by atoms with Crippen LogP contribution in [0.4, 0.5) is 5.95 Å². The molecule has 1 aromatic heterocycles. The molecule has 2 N–H and O–H groups in total. The molecule has 0 atom stereocenters. The summed E-state index contributed by atoms with van der Waals surface area (Å²) < 4.78 is 3.26. The number of benzene rings is 1. The van der Waals surface area contributed by atoms with Crippen molar-refractivity contribution < 1.29 is 0 Å². The van der Waals surface area contributed by atoms with Crippen molar-refractivity contribution in [3.63, 3.8) is 0 Å². The van der Waals surface area contributed by atoms with Crippen LogP contribution in [-0.2, 0) is 6.54 Å². The third kappa shape index (κ3) is 1.83. The van der Waals surface area contributed by atoms with E-state index in [1.165, 1.54) is 25.7 Å². The quantitative estimate of drug-likeness (QED) is 0.932. The van der Waals surface area contributed by atoms with Gasteiger partial charge in [0, 0.05) is 11.0 Å². The molecule has 3 nitrogen and oxygen atoms in total. The maximum absolute atomic E-state index is 6.08. The van der Waals surface area contributed by atoms with Crippen molar-refractivity contribution in [3.05, 3.63) is 22.7 Å². The average molecular weight is 308 g/mol. The first-order chi connectivity index (χ1) is 8.63. The fourth-order valence-electron chi connectivity index (χ4n) is 2.92. The number of rotatable bonds is 3. The number of halogens is 1. The van der Waals surface area contributed by atoms with E-state index in [9.17, 15) is 0 Å². The molecule has 1 aliphatic carbocycles. The van der Waals surface area contributed by atoms with E-state index in [2.05, 4.69) is 38.5 Å². The van der Waals surface area contributed by atoms with E-state index in [1.807, 2.05) is 12.1 Å². The zero-order chi connectivity index (χ0) is 12.8. The van der Waals surface area contributed by atoms with Crippen molar-refractivity contribution in [1.29, 1.82) is 0 Å². The second kappa shape index (κ2) is 4.26. The highest BCUT2D eigenvalue weighted by Crippen LogP contribution is 2.46. The van der Waals surface area contributed by atoms with Gasteiger partial charge in [-0.25, -0.2) is 4.98 Å². The molecule has 0 amide bonds. The van der Waals surface area contributed by atoms with Gasteiger partial charge in [-0.1, -0.05) is 29.3 Å². The molecule has 4 heteroatoms. The first-order valence-electron chi connectivity index (χ1n) is 6.55. The number of imidazole rings is 1. The Labute approximate surface area is 116 Å². The fraction of sp³-hybridized carbons (Fsp3) is 0.500. The number of nitrogens with two attached hydrogens (primary N) is 1. The second-order valence-corrected chi connectivity index (χ2v) is 6.31. The van der Waals surface area contributed by atoms with E-state index in [0.717, 1.165) is 22.1 Å². The predicted octanol–water partition coefficient (Wildman–Crippen LogP) is 3.96. The van der Waals surface area contributed by atoms with Crippen molar-refractivity contribution in [1.82, 2.24) is 9.55 Å². The maximum atomic E-state index is 6.08. The molecule has 0 radical (unpaired) electrons. The summed E-state index contributed by atoms with van der Waals surface area (Å²) in [6.45, 7) is 3.28. The lowest BCUT2D eigenvalue weighted by Gasteiger charge is -2.41. The van der Waals surface area contributed by atoms with Gasteiger partial charge in [-0.15, -0.1) is 0 Å². The van der Waals surface area contributed by atoms with Crippen LogP contribution < -0.4 is 5.73 Å². The van der Waals surface area contributed by atoms with Gasteiger partial charge < -0.3 is 10.3 Å². The van der Waals surface area contributed by atoms with E-state index >= 15 is 0 Å². The summed E-state index contributed by atoms with van der Waals surface area (Å²) in [6.07, 6.45) is 5.21. The highest BCUT2D eigenvalue weighted by molar-refractivity contribution is 9.10. The molecule has 0 bridgehead atoms. The Morgan fingerprint density at radius 1 is 1.44 bits per heavy atom. The Hall–Kier alpha value is -1.03. The molecular formula is C14H18BrN3. The zero-order valence-corrected chi connectivity index (χ0v) is 12.2. The number of hydrogen-bond donors (Lipinski definition) is 1. The van der Waals surface area contributed by atoms with Gasteiger partial charge in [-0.2, -0.15) is 0 Å². The number of fused-ring (bicyclic) bond motifs is 1. The summed E-state index contributed by atoms with van der Waals surface area (Å²) >= 11 is 3.52. The van der Waals surface area contributed by atoms with Crippen LogP contribution in [0.25, 0.3) is 11.0 Å². The molecule has 2 aromatic rings. The van der Waals surface area contributed by atoms with Gasteiger partial charge in [0.15, 0.2) is 0 Å². The highest BCUT2D eigenvalue weighted by Gasteiger charge is 2.36. The molecule has 0 unspecified atom stereocenters. The minimum atomic E-state index is 0.448. The van der Waals surface area contributed by atoms with Crippen LogP contribution in [0.5, 0.6) is 0 Å². The van der Waals surface area contributed by atoms with Gasteiger partial charge in [0.1, 0.15) is 0 Å². The minimum Gasteiger partial charge on any atom is -0.369 e. The molecule has 96 valence electrons. The van der Waals surface area contributed by atoms with Gasteiger partial charge in [0.25, 0.3) is 0 Å². The SMILES string of the molecule is CCC1(Cn2c(N)nc3ccc(Br)cc32)CCC1. The molecule has 0 spiro atoms. The lowest BCUT2D eigenvalue weighted by Crippen LogP contribution is -2.33. The molecule has 1 aliphatic rings. The van der Waals surface area contributed by atoms with Crippen LogP contribution in [0.2, 0.25) is 0 Å². The highest BCUT2D eigenvalue weighted by atomic mass is 79.9. The monoisotopic (exact) mass is 307 g/mol. The summed E-state index contributed by atoms with van der Waals surface area (Å²) in [6, 6.07) is 6.14. The number of nitrogen functional groups attached to an aromatic ring is 1. The molecule has 1 heterocycles. The van der Waals surface area contributed by atoms with Crippen LogP contribution in [0.1, 0.15) is 32.6 Å². The van der Waals surface area contributed by atoms with Gasteiger partial charge in [0.05, 0.1) is 11.0 Å². The van der Waals surface area contributed by atoms with E-state index in [1.54, 1.807) is 0 Å². The van der Waals surface area contributed by atoms with Crippen molar-refractivity contribution in [2.75, 3.05) is 5.73 Å². The summed E-state index contributed by atoms with van der Waals surface area (Å²) in [7, 11) is 0. The summed E-state index contributed by atoms with van der Waals surface area (Å²) in [5, 5.41) is 0. The Balaban J connectivity index is 2.05. The van der Waals surface area contributed by atoms with E-state index < -0.39 is 0 Å². The van der Waals surface area contributed by atoms with E-state index in [4.69, 9.17) is 5.73 Å². The molecule has 18 heavy (non-hydrogen) atoms. The fourth-order valence-corrected chi connectivity index (χ4v) is 3.27. The van der Waals surface area contributed by atoms with Crippen LogP contribution in [0.15, 0.2) is 22.7 Å². The Bertz CT molecular complexity index is 578. The maximum Gasteiger partial charge on any atom is 0.201 e. The molecule has 0 saturated heterocycles.